The molecule has 0 radical (unpaired) electrons. The Morgan fingerprint density at radius 2 is 1.68 bits per heavy atom. The Labute approximate surface area is 225 Å². The highest BCUT2D eigenvalue weighted by Crippen LogP contribution is 2.59. The van der Waals surface area contributed by atoms with Crippen LogP contribution in [0.2, 0.25) is 0 Å². The number of hydrogen-bond donors (Lipinski definition) is 1. The average Bonchev–Trinajstić information content (AvgIpc) is 3.39. The number of halogens is 5. The molecule has 0 spiro atoms. The molecular formula is C27H30Cl2F3N3O2. The van der Waals surface area contributed by atoms with Gasteiger partial charge in [-0.1, -0.05) is 12.1 Å². The molecule has 2 fully saturated rings. The van der Waals surface area contributed by atoms with Crippen molar-refractivity contribution in [2.45, 2.75) is 44.3 Å². The van der Waals surface area contributed by atoms with Gasteiger partial charge in [-0.25, -0.2) is 0 Å². The van der Waals surface area contributed by atoms with E-state index in [0.29, 0.717) is 23.6 Å². The van der Waals surface area contributed by atoms with E-state index in [4.69, 9.17) is 0 Å². The van der Waals surface area contributed by atoms with Crippen molar-refractivity contribution < 1.29 is 13.2 Å². The van der Waals surface area contributed by atoms with Crippen LogP contribution in [0.4, 0.5) is 13.2 Å². The van der Waals surface area contributed by atoms with Crippen LogP contribution in [-0.4, -0.2) is 34.1 Å². The smallest absolute Gasteiger partial charge is 0.326 e. The van der Waals surface area contributed by atoms with Crippen molar-refractivity contribution in [3.63, 3.8) is 0 Å². The van der Waals surface area contributed by atoms with Gasteiger partial charge in [-0.3, -0.25) is 9.59 Å². The highest BCUT2D eigenvalue weighted by atomic mass is 35.5. The molecule has 5 nitrogen and oxygen atoms in total. The number of aryl methyl sites for hydroxylation is 2. The zero-order valence-electron chi connectivity index (χ0n) is 20.4. The van der Waals surface area contributed by atoms with Crippen molar-refractivity contribution in [1.29, 1.82) is 0 Å². The zero-order chi connectivity index (χ0) is 24.8. The summed E-state index contributed by atoms with van der Waals surface area (Å²) < 4.78 is 40.3. The van der Waals surface area contributed by atoms with Gasteiger partial charge in [0.25, 0.3) is 11.1 Å². The molecule has 5 rings (SSSR count). The first-order valence-electron chi connectivity index (χ1n) is 12.0. The lowest BCUT2D eigenvalue weighted by atomic mass is 9.94. The maximum Gasteiger partial charge on any atom is 0.416 e. The zero-order valence-corrected chi connectivity index (χ0v) is 22.0. The van der Waals surface area contributed by atoms with Gasteiger partial charge in [-0.05, 0) is 80.6 Å². The lowest BCUT2D eigenvalue weighted by molar-refractivity contribution is -0.137. The molecular weight excluding hydrogens is 526 g/mol. The Kier molecular flexibility index (Phi) is 8.67. The lowest BCUT2D eigenvalue weighted by Crippen LogP contribution is -2.28. The number of nitrogens with zero attached hydrogens (tertiary/aromatic N) is 2. The van der Waals surface area contributed by atoms with Gasteiger partial charge in [-0.2, -0.15) is 13.2 Å². The van der Waals surface area contributed by atoms with Gasteiger partial charge in [-0.15, -0.1) is 24.8 Å². The standard InChI is InChI=1S/C27H28F3N3O2.2ClH/c1-18-6-11-22(24(34)31-18)23-5-4-14-33(25(23)35)13-3-2-12-32-16-21-15-26(21,17-32)19-7-9-20(10-8-19)27(28,29)30;;/h4-11,14,21H,2-3,12-13,15-17H2,1H3,(H,31,34);2*1H/t21-,26+;;/m0../s1. The Hall–Kier alpha value is -2.55. The Morgan fingerprint density at radius 1 is 0.973 bits per heavy atom. The Balaban J connectivity index is 0.00000190. The van der Waals surface area contributed by atoms with Crippen molar-refractivity contribution in [3.8, 4) is 11.1 Å². The fourth-order valence-corrected chi connectivity index (χ4v) is 5.51. The molecule has 200 valence electrons. The number of pyridine rings is 2. The van der Waals surface area contributed by atoms with E-state index in [1.54, 1.807) is 54.1 Å². The van der Waals surface area contributed by atoms with Gasteiger partial charge in [0, 0.05) is 36.9 Å². The molecule has 1 N–H and O–H groups in total. The van der Waals surface area contributed by atoms with E-state index in [1.165, 1.54) is 12.1 Å². The third-order valence-electron chi connectivity index (χ3n) is 7.49. The summed E-state index contributed by atoms with van der Waals surface area (Å²) in [4.78, 5) is 30.3. The summed E-state index contributed by atoms with van der Waals surface area (Å²) in [5.41, 5.74) is 1.47. The third kappa shape index (κ3) is 5.81. The number of aromatic amines is 1. The number of likely N-dealkylation sites (tertiary alicyclic amines) is 1. The second kappa shape index (κ2) is 11.1. The summed E-state index contributed by atoms with van der Waals surface area (Å²) in [6.07, 6.45) is 0.214. The molecule has 1 saturated carbocycles. The molecule has 1 saturated heterocycles. The Morgan fingerprint density at radius 3 is 2.35 bits per heavy atom. The third-order valence-corrected chi connectivity index (χ3v) is 7.49. The van der Waals surface area contributed by atoms with Crippen LogP contribution in [0.3, 0.4) is 0 Å². The first kappa shape index (κ1) is 29.0. The van der Waals surface area contributed by atoms with Crippen LogP contribution in [0.25, 0.3) is 11.1 Å². The van der Waals surface area contributed by atoms with Gasteiger partial charge >= 0.3 is 6.18 Å². The second-order valence-corrected chi connectivity index (χ2v) is 9.88. The van der Waals surface area contributed by atoms with Crippen LogP contribution in [0.15, 0.2) is 64.3 Å². The molecule has 3 aromatic rings. The van der Waals surface area contributed by atoms with Crippen molar-refractivity contribution in [1.82, 2.24) is 14.5 Å². The lowest BCUT2D eigenvalue weighted by Gasteiger charge is -2.21. The van der Waals surface area contributed by atoms with Gasteiger partial charge in [0.15, 0.2) is 0 Å². The number of hydrogen-bond acceptors (Lipinski definition) is 3. The summed E-state index contributed by atoms with van der Waals surface area (Å²) in [5.74, 6) is 0.506. The maximum absolute atomic E-state index is 12.9. The van der Waals surface area contributed by atoms with Crippen molar-refractivity contribution in [2.75, 3.05) is 19.6 Å². The number of alkyl halides is 3. The van der Waals surface area contributed by atoms with E-state index < -0.39 is 11.7 Å². The van der Waals surface area contributed by atoms with Crippen LogP contribution in [-0.2, 0) is 18.1 Å². The molecule has 0 amide bonds. The van der Waals surface area contributed by atoms with Crippen molar-refractivity contribution in [2.24, 2.45) is 5.92 Å². The molecule has 0 bridgehead atoms. The molecule has 2 aliphatic rings. The van der Waals surface area contributed by atoms with Crippen LogP contribution < -0.4 is 11.1 Å². The molecule has 1 aromatic carbocycles. The van der Waals surface area contributed by atoms with Crippen LogP contribution in [0.5, 0.6) is 0 Å². The quantitative estimate of drug-likeness (QED) is 0.395. The summed E-state index contributed by atoms with van der Waals surface area (Å²) in [6.45, 7) is 5.09. The number of piperidine rings is 1. The SMILES string of the molecule is Cc1ccc(-c2cccn(CCCCN3C[C@@H]4C[C@]4(c4ccc(C(F)(F)F)cc4)C3)c2=O)c(=O)[nH]1.Cl.Cl. The number of unbranched alkanes of at least 4 members (excludes halogenated alkanes) is 1. The van der Waals surface area contributed by atoms with Crippen LogP contribution >= 0.6 is 24.8 Å². The van der Waals surface area contributed by atoms with E-state index in [2.05, 4.69) is 9.88 Å². The molecule has 10 heteroatoms. The predicted octanol–water partition coefficient (Wildman–Crippen LogP) is 5.43. The largest absolute Gasteiger partial charge is 0.416 e. The number of benzene rings is 1. The van der Waals surface area contributed by atoms with Crippen LogP contribution in [0.1, 0.15) is 36.1 Å². The molecule has 1 aliphatic heterocycles. The van der Waals surface area contributed by atoms with Crippen molar-refractivity contribution >= 4 is 24.8 Å². The summed E-state index contributed by atoms with van der Waals surface area (Å²) in [7, 11) is 0. The molecule has 37 heavy (non-hydrogen) atoms. The number of H-pyrrole nitrogens is 1. The molecule has 2 atom stereocenters. The monoisotopic (exact) mass is 555 g/mol. The number of aromatic nitrogens is 2. The second-order valence-electron chi connectivity index (χ2n) is 9.88. The number of nitrogens with one attached hydrogen (secondary N) is 1. The fourth-order valence-electron chi connectivity index (χ4n) is 5.51. The van der Waals surface area contributed by atoms with Gasteiger partial charge in [0.1, 0.15) is 0 Å². The van der Waals surface area contributed by atoms with E-state index in [9.17, 15) is 22.8 Å². The number of rotatable bonds is 7. The van der Waals surface area contributed by atoms with E-state index in [1.807, 2.05) is 0 Å². The minimum absolute atomic E-state index is 0. The fraction of sp³-hybridized carbons (Fsp3) is 0.407. The van der Waals surface area contributed by atoms with E-state index in [0.717, 1.165) is 50.2 Å². The molecule has 2 aromatic heterocycles. The first-order chi connectivity index (χ1) is 16.7. The van der Waals surface area contributed by atoms with Crippen molar-refractivity contribution in [3.05, 3.63) is 92.3 Å². The van der Waals surface area contributed by atoms with E-state index in [-0.39, 0.29) is 41.3 Å². The maximum atomic E-state index is 12.9. The Bertz CT molecular complexity index is 1350. The van der Waals surface area contributed by atoms with Gasteiger partial charge < -0.3 is 14.5 Å². The average molecular weight is 556 g/mol. The summed E-state index contributed by atoms with van der Waals surface area (Å²) in [5, 5.41) is 0. The van der Waals surface area contributed by atoms with E-state index >= 15 is 0 Å². The summed E-state index contributed by atoms with van der Waals surface area (Å²) >= 11 is 0. The molecule has 3 heterocycles. The van der Waals surface area contributed by atoms with Gasteiger partial charge in [0.2, 0.25) is 0 Å². The van der Waals surface area contributed by atoms with Gasteiger partial charge in [0.05, 0.1) is 16.7 Å². The summed E-state index contributed by atoms with van der Waals surface area (Å²) in [6, 6.07) is 12.6. The predicted molar refractivity (Wildman–Crippen MR) is 143 cm³/mol. The topological polar surface area (TPSA) is 58.1 Å². The minimum atomic E-state index is -4.31. The number of fused-ring (bicyclic) bond motifs is 1. The molecule has 1 aliphatic carbocycles. The minimum Gasteiger partial charge on any atom is -0.326 e. The highest BCUT2D eigenvalue weighted by Gasteiger charge is 2.60. The molecule has 0 unspecified atom stereocenters. The normalized spacial score (nSPS) is 20.6. The van der Waals surface area contributed by atoms with Crippen LogP contribution in [0, 0.1) is 12.8 Å². The first-order valence-corrected chi connectivity index (χ1v) is 12.0. The highest BCUT2D eigenvalue weighted by molar-refractivity contribution is 5.85.